The summed E-state index contributed by atoms with van der Waals surface area (Å²) in [5.41, 5.74) is 0.143. The number of rotatable bonds is 6. The van der Waals surface area contributed by atoms with E-state index in [1.54, 1.807) is 0 Å². The van der Waals surface area contributed by atoms with Crippen LogP contribution >= 0.6 is 0 Å². The summed E-state index contributed by atoms with van der Waals surface area (Å²) in [5, 5.41) is 11.8. The smallest absolute Gasteiger partial charge is 0.338 e. The predicted molar refractivity (Wildman–Crippen MR) is 67.8 cm³/mol. The lowest BCUT2D eigenvalue weighted by atomic mass is 10.3. The van der Waals surface area contributed by atoms with Crippen molar-refractivity contribution in [3.63, 3.8) is 0 Å². The van der Waals surface area contributed by atoms with Gasteiger partial charge in [0, 0.05) is 26.1 Å². The lowest BCUT2D eigenvalue weighted by molar-refractivity contribution is -0.130. The van der Waals surface area contributed by atoms with Crippen LogP contribution in [-0.4, -0.2) is 41.5 Å². The van der Waals surface area contributed by atoms with Crippen LogP contribution < -0.4 is 5.32 Å². The zero-order valence-electron chi connectivity index (χ0n) is 10.7. The van der Waals surface area contributed by atoms with Crippen molar-refractivity contribution in [1.29, 1.82) is 0 Å². The molecule has 2 N–H and O–H groups in total. The summed E-state index contributed by atoms with van der Waals surface area (Å²) in [6.45, 7) is 2.75. The third kappa shape index (κ3) is 3.82. The molecule has 0 unspecified atom stereocenters. The third-order valence-electron chi connectivity index (χ3n) is 3.17. The quantitative estimate of drug-likeness (QED) is 0.753. The number of nitrogens with one attached hydrogen (secondary N) is 1. The largest absolute Gasteiger partial charge is 0.478 e. The molecule has 0 bridgehead atoms. The van der Waals surface area contributed by atoms with E-state index in [1.807, 2.05) is 4.90 Å². The number of carbonyl (C=O) groups excluding carboxylic acids is 1. The Hall–Kier alpha value is -1.82. The van der Waals surface area contributed by atoms with Gasteiger partial charge in [-0.25, -0.2) is 4.79 Å². The van der Waals surface area contributed by atoms with Crippen LogP contribution in [0.3, 0.4) is 0 Å². The van der Waals surface area contributed by atoms with Gasteiger partial charge in [-0.2, -0.15) is 0 Å². The van der Waals surface area contributed by atoms with Crippen LogP contribution in [0.4, 0.5) is 0 Å². The van der Waals surface area contributed by atoms with E-state index in [0.717, 1.165) is 25.9 Å². The first-order valence-electron chi connectivity index (χ1n) is 6.46. The van der Waals surface area contributed by atoms with Gasteiger partial charge in [-0.1, -0.05) is 0 Å². The summed E-state index contributed by atoms with van der Waals surface area (Å²) in [6, 6.07) is 1.48. The van der Waals surface area contributed by atoms with Gasteiger partial charge in [0.05, 0.1) is 12.1 Å². The first kappa shape index (κ1) is 13.6. The fourth-order valence-electron chi connectivity index (χ4n) is 2.12. The molecule has 0 spiro atoms. The molecule has 6 nitrogen and oxygen atoms in total. The molecule has 1 aromatic heterocycles. The van der Waals surface area contributed by atoms with E-state index in [2.05, 4.69) is 5.32 Å². The molecular weight excluding hydrogens is 248 g/mol. The van der Waals surface area contributed by atoms with Gasteiger partial charge < -0.3 is 19.7 Å². The van der Waals surface area contributed by atoms with Gasteiger partial charge in [0.2, 0.25) is 5.91 Å². The van der Waals surface area contributed by atoms with Crippen molar-refractivity contribution in [2.75, 3.05) is 19.6 Å². The van der Waals surface area contributed by atoms with Crippen molar-refractivity contribution in [3.05, 3.63) is 23.7 Å². The summed E-state index contributed by atoms with van der Waals surface area (Å²) in [5.74, 6) is -0.263. The maximum Gasteiger partial charge on any atom is 0.338 e. The molecule has 6 heteroatoms. The van der Waals surface area contributed by atoms with Gasteiger partial charge in [0.25, 0.3) is 0 Å². The highest BCUT2D eigenvalue weighted by Gasteiger charge is 2.17. The molecule has 0 aromatic carbocycles. The molecule has 1 aromatic rings. The summed E-state index contributed by atoms with van der Waals surface area (Å²) in [6.07, 6.45) is 3.88. The number of likely N-dealkylation sites (tertiary alicyclic amines) is 1. The minimum atomic E-state index is -1.00. The maximum atomic E-state index is 11.7. The van der Waals surface area contributed by atoms with Crippen molar-refractivity contribution in [1.82, 2.24) is 10.2 Å². The number of hydrogen-bond donors (Lipinski definition) is 2. The predicted octanol–water partition coefficient (Wildman–Crippen LogP) is 1.08. The molecule has 0 saturated carbocycles. The maximum absolute atomic E-state index is 11.7. The van der Waals surface area contributed by atoms with Crippen LogP contribution in [0.5, 0.6) is 0 Å². The Balaban J connectivity index is 1.65. The zero-order chi connectivity index (χ0) is 13.7. The number of carboxylic acid groups (broad SMARTS) is 1. The monoisotopic (exact) mass is 266 g/mol. The Morgan fingerprint density at radius 3 is 2.74 bits per heavy atom. The standard InChI is InChI=1S/C13H18N2O4/c16-12(15-5-1-2-6-15)3-4-14-8-11-7-10(9-19-11)13(17)18/h7,9,14H,1-6,8H2,(H,17,18). The van der Waals surface area contributed by atoms with Crippen LogP contribution in [-0.2, 0) is 11.3 Å². The summed E-state index contributed by atoms with van der Waals surface area (Å²) in [4.78, 5) is 24.3. The summed E-state index contributed by atoms with van der Waals surface area (Å²) < 4.78 is 5.09. The van der Waals surface area contributed by atoms with Crippen LogP contribution in [0.2, 0.25) is 0 Å². The van der Waals surface area contributed by atoms with Crippen molar-refractivity contribution in [2.45, 2.75) is 25.8 Å². The van der Waals surface area contributed by atoms with E-state index in [-0.39, 0.29) is 11.5 Å². The summed E-state index contributed by atoms with van der Waals surface area (Å²) in [7, 11) is 0. The van der Waals surface area contributed by atoms with Crippen LogP contribution in [0.1, 0.15) is 35.4 Å². The fourth-order valence-corrected chi connectivity index (χ4v) is 2.12. The first-order chi connectivity index (χ1) is 9.16. The molecule has 0 atom stereocenters. The number of carbonyl (C=O) groups is 2. The minimum absolute atomic E-state index is 0.143. The van der Waals surface area contributed by atoms with Crippen molar-refractivity contribution in [2.24, 2.45) is 0 Å². The normalized spacial score (nSPS) is 14.8. The topological polar surface area (TPSA) is 82.8 Å². The summed E-state index contributed by atoms with van der Waals surface area (Å²) >= 11 is 0. The second-order valence-electron chi connectivity index (χ2n) is 4.62. The highest BCUT2D eigenvalue weighted by molar-refractivity contribution is 5.87. The third-order valence-corrected chi connectivity index (χ3v) is 3.17. The highest BCUT2D eigenvalue weighted by atomic mass is 16.4. The first-order valence-corrected chi connectivity index (χ1v) is 6.46. The van der Waals surface area contributed by atoms with E-state index in [0.29, 0.717) is 25.3 Å². The Morgan fingerprint density at radius 1 is 1.37 bits per heavy atom. The molecule has 1 aliphatic heterocycles. The number of furan rings is 1. The molecule has 1 aliphatic rings. The molecule has 1 fully saturated rings. The number of nitrogens with zero attached hydrogens (tertiary/aromatic N) is 1. The van der Waals surface area contributed by atoms with Gasteiger partial charge in [0.15, 0.2) is 0 Å². The van der Waals surface area contributed by atoms with Crippen molar-refractivity contribution in [3.8, 4) is 0 Å². The van der Waals surface area contributed by atoms with Crippen LogP contribution in [0, 0.1) is 0 Å². The van der Waals surface area contributed by atoms with Gasteiger partial charge >= 0.3 is 5.97 Å². The number of hydrogen-bond acceptors (Lipinski definition) is 4. The lowest BCUT2D eigenvalue weighted by Gasteiger charge is -2.14. The van der Waals surface area contributed by atoms with Crippen LogP contribution in [0.25, 0.3) is 0 Å². The van der Waals surface area contributed by atoms with E-state index >= 15 is 0 Å². The highest BCUT2D eigenvalue weighted by Crippen LogP contribution is 2.09. The molecule has 1 saturated heterocycles. The van der Waals surface area contributed by atoms with E-state index in [4.69, 9.17) is 9.52 Å². The molecular formula is C13H18N2O4. The van der Waals surface area contributed by atoms with Gasteiger partial charge in [-0.15, -0.1) is 0 Å². The Kier molecular flexibility index (Phi) is 4.57. The molecule has 1 amide bonds. The van der Waals surface area contributed by atoms with Gasteiger partial charge in [-0.05, 0) is 18.9 Å². The average Bonchev–Trinajstić information content (AvgIpc) is 3.05. The Morgan fingerprint density at radius 2 is 2.11 bits per heavy atom. The van der Waals surface area contributed by atoms with E-state index in [9.17, 15) is 9.59 Å². The van der Waals surface area contributed by atoms with E-state index < -0.39 is 5.97 Å². The molecule has 0 aliphatic carbocycles. The lowest BCUT2D eigenvalue weighted by Crippen LogP contribution is -2.30. The zero-order valence-corrected chi connectivity index (χ0v) is 10.7. The Bertz CT molecular complexity index is 449. The minimum Gasteiger partial charge on any atom is -0.478 e. The van der Waals surface area contributed by atoms with Crippen LogP contribution in [0.15, 0.2) is 16.7 Å². The van der Waals surface area contributed by atoms with Gasteiger partial charge in [-0.3, -0.25) is 4.79 Å². The second-order valence-corrected chi connectivity index (χ2v) is 4.62. The number of amides is 1. The molecule has 0 radical (unpaired) electrons. The van der Waals surface area contributed by atoms with Crippen molar-refractivity contribution >= 4 is 11.9 Å². The molecule has 2 heterocycles. The fraction of sp³-hybridized carbons (Fsp3) is 0.538. The molecule has 2 rings (SSSR count). The SMILES string of the molecule is O=C(O)c1coc(CNCCC(=O)N2CCCC2)c1. The molecule has 104 valence electrons. The molecule has 19 heavy (non-hydrogen) atoms. The Labute approximate surface area is 111 Å². The number of carboxylic acids is 1. The average molecular weight is 266 g/mol. The van der Waals surface area contributed by atoms with Gasteiger partial charge in [0.1, 0.15) is 12.0 Å². The second kappa shape index (κ2) is 6.38. The van der Waals surface area contributed by atoms with Crippen molar-refractivity contribution < 1.29 is 19.1 Å². The number of aromatic carboxylic acids is 1. The van der Waals surface area contributed by atoms with E-state index in [1.165, 1.54) is 12.3 Å².